The van der Waals surface area contributed by atoms with Gasteiger partial charge >= 0.3 is 0 Å². The van der Waals surface area contributed by atoms with Gasteiger partial charge in [-0.25, -0.2) is 4.98 Å². The Balaban J connectivity index is 0.00000120. The van der Waals surface area contributed by atoms with Crippen molar-refractivity contribution in [3.8, 4) is 0 Å². The Morgan fingerprint density at radius 1 is 1.44 bits per heavy atom. The molecule has 1 N–H and O–H groups in total. The first-order chi connectivity index (χ1) is 8.34. The third kappa shape index (κ3) is 2.60. The molecule has 0 saturated carbocycles. The lowest BCUT2D eigenvalue weighted by Crippen LogP contribution is -2.44. The fourth-order valence-corrected chi connectivity index (χ4v) is 2.55. The molecule has 1 saturated heterocycles. The maximum atomic E-state index is 5.47. The third-order valence-corrected chi connectivity index (χ3v) is 3.57. The van der Waals surface area contributed by atoms with Crippen LogP contribution in [0.4, 0.5) is 5.82 Å². The summed E-state index contributed by atoms with van der Waals surface area (Å²) in [6, 6.07) is 4.79. The highest BCUT2D eigenvalue weighted by Crippen LogP contribution is 2.21. The Labute approximate surface area is 114 Å². The molecular weight excluding hydrogens is 250 g/mol. The van der Waals surface area contributed by atoms with Gasteiger partial charge in [-0.3, -0.25) is 0 Å². The van der Waals surface area contributed by atoms with E-state index in [4.69, 9.17) is 9.72 Å². The van der Waals surface area contributed by atoms with E-state index in [0.29, 0.717) is 6.04 Å². The van der Waals surface area contributed by atoms with Crippen LogP contribution in [0.3, 0.4) is 0 Å². The molecule has 2 aliphatic heterocycles. The molecule has 0 unspecified atom stereocenters. The number of hydrogen-bond acceptors (Lipinski definition) is 4. The molecule has 1 aromatic rings. The van der Waals surface area contributed by atoms with Crippen molar-refractivity contribution in [3.63, 3.8) is 0 Å². The molecule has 3 heterocycles. The second-order valence-electron chi connectivity index (χ2n) is 4.82. The van der Waals surface area contributed by atoms with Gasteiger partial charge in [0.15, 0.2) is 0 Å². The van der Waals surface area contributed by atoms with Crippen LogP contribution in [0.5, 0.6) is 0 Å². The zero-order valence-electron chi connectivity index (χ0n) is 10.7. The van der Waals surface area contributed by atoms with Crippen molar-refractivity contribution in [3.05, 3.63) is 23.4 Å². The van der Waals surface area contributed by atoms with Gasteiger partial charge in [-0.1, -0.05) is 6.07 Å². The molecule has 0 aromatic carbocycles. The van der Waals surface area contributed by atoms with Gasteiger partial charge in [0.2, 0.25) is 0 Å². The predicted octanol–water partition coefficient (Wildman–Crippen LogP) is 1.37. The molecule has 0 spiro atoms. The number of nitrogens with zero attached hydrogens (tertiary/aromatic N) is 2. The molecule has 0 radical (unpaired) electrons. The van der Waals surface area contributed by atoms with Crippen LogP contribution in [0.15, 0.2) is 12.1 Å². The van der Waals surface area contributed by atoms with Crippen molar-refractivity contribution in [1.29, 1.82) is 0 Å². The summed E-state index contributed by atoms with van der Waals surface area (Å²) in [5.74, 6) is 1.11. The first-order valence-electron chi connectivity index (χ1n) is 6.38. The first kappa shape index (κ1) is 13.6. The predicted molar refractivity (Wildman–Crippen MR) is 74.5 cm³/mol. The van der Waals surface area contributed by atoms with Crippen LogP contribution < -0.4 is 10.2 Å². The number of morpholine rings is 1. The number of rotatable bonds is 1. The largest absolute Gasteiger partial charge is 0.377 e. The number of nitrogens with one attached hydrogen (secondary N) is 1. The van der Waals surface area contributed by atoms with Gasteiger partial charge in [0.1, 0.15) is 5.82 Å². The molecule has 1 atom stereocenters. The number of pyridine rings is 1. The van der Waals surface area contributed by atoms with Crippen LogP contribution in [-0.4, -0.2) is 37.3 Å². The Kier molecular flexibility index (Phi) is 4.43. The number of anilines is 1. The van der Waals surface area contributed by atoms with E-state index >= 15 is 0 Å². The molecule has 5 heteroatoms. The second-order valence-corrected chi connectivity index (χ2v) is 4.82. The molecule has 3 rings (SSSR count). The summed E-state index contributed by atoms with van der Waals surface area (Å²) >= 11 is 0. The number of hydrogen-bond donors (Lipinski definition) is 1. The van der Waals surface area contributed by atoms with Crippen molar-refractivity contribution < 1.29 is 4.74 Å². The van der Waals surface area contributed by atoms with E-state index in [-0.39, 0.29) is 12.4 Å². The van der Waals surface area contributed by atoms with Gasteiger partial charge in [0.05, 0.1) is 19.3 Å². The van der Waals surface area contributed by atoms with E-state index in [1.54, 1.807) is 0 Å². The standard InChI is InChI=1S/C13H19N3O.ClH/c1-10-9-17-7-6-16(10)13-3-2-11-8-14-5-4-12(11)15-13;/h2-3,10,14H,4-9H2,1H3;1H/t10-;/m1./s1. The van der Waals surface area contributed by atoms with Crippen LogP contribution in [0.1, 0.15) is 18.2 Å². The summed E-state index contributed by atoms with van der Waals surface area (Å²) < 4.78 is 5.47. The topological polar surface area (TPSA) is 37.4 Å². The Morgan fingerprint density at radius 2 is 2.33 bits per heavy atom. The lowest BCUT2D eigenvalue weighted by atomic mass is 10.1. The maximum Gasteiger partial charge on any atom is 0.129 e. The molecule has 0 bridgehead atoms. The molecule has 18 heavy (non-hydrogen) atoms. The van der Waals surface area contributed by atoms with Crippen LogP contribution in [-0.2, 0) is 17.7 Å². The number of ether oxygens (including phenoxy) is 1. The zero-order valence-corrected chi connectivity index (χ0v) is 11.5. The van der Waals surface area contributed by atoms with Crippen molar-refractivity contribution in [2.75, 3.05) is 31.2 Å². The smallest absolute Gasteiger partial charge is 0.129 e. The first-order valence-corrected chi connectivity index (χ1v) is 6.38. The lowest BCUT2D eigenvalue weighted by molar-refractivity contribution is 0.0985. The average Bonchev–Trinajstić information content (AvgIpc) is 2.39. The summed E-state index contributed by atoms with van der Waals surface area (Å²) in [5, 5.41) is 3.38. The fraction of sp³-hybridized carbons (Fsp3) is 0.615. The number of aromatic nitrogens is 1. The molecule has 1 aromatic heterocycles. The number of halogens is 1. The van der Waals surface area contributed by atoms with Crippen molar-refractivity contribution in [2.45, 2.75) is 25.9 Å². The molecule has 0 amide bonds. The van der Waals surface area contributed by atoms with Crippen LogP contribution >= 0.6 is 12.4 Å². The van der Waals surface area contributed by atoms with Gasteiger partial charge in [-0.2, -0.15) is 0 Å². The van der Waals surface area contributed by atoms with Crippen LogP contribution in [0.2, 0.25) is 0 Å². The fourth-order valence-electron chi connectivity index (χ4n) is 2.55. The maximum absolute atomic E-state index is 5.47. The summed E-state index contributed by atoms with van der Waals surface area (Å²) in [6.07, 6.45) is 1.04. The van der Waals surface area contributed by atoms with Gasteiger partial charge in [-0.15, -0.1) is 12.4 Å². The number of fused-ring (bicyclic) bond motifs is 1. The second kappa shape index (κ2) is 5.87. The quantitative estimate of drug-likeness (QED) is 0.836. The summed E-state index contributed by atoms with van der Waals surface area (Å²) in [4.78, 5) is 7.17. The minimum Gasteiger partial charge on any atom is -0.377 e. The highest BCUT2D eigenvalue weighted by molar-refractivity contribution is 5.85. The van der Waals surface area contributed by atoms with Crippen molar-refractivity contribution in [1.82, 2.24) is 10.3 Å². The highest BCUT2D eigenvalue weighted by atomic mass is 35.5. The van der Waals surface area contributed by atoms with Crippen molar-refractivity contribution >= 4 is 18.2 Å². The third-order valence-electron chi connectivity index (χ3n) is 3.57. The summed E-state index contributed by atoms with van der Waals surface area (Å²) in [5.41, 5.74) is 2.61. The van der Waals surface area contributed by atoms with Crippen molar-refractivity contribution in [2.24, 2.45) is 0 Å². The molecule has 2 aliphatic rings. The van der Waals surface area contributed by atoms with Gasteiger partial charge in [0.25, 0.3) is 0 Å². The van der Waals surface area contributed by atoms with Gasteiger partial charge in [-0.05, 0) is 18.6 Å². The van der Waals surface area contributed by atoms with Gasteiger partial charge < -0.3 is 15.0 Å². The van der Waals surface area contributed by atoms with Gasteiger partial charge in [0, 0.05) is 31.7 Å². The Hall–Kier alpha value is -0.840. The van der Waals surface area contributed by atoms with E-state index in [1.807, 2.05) is 0 Å². The van der Waals surface area contributed by atoms with Crippen LogP contribution in [0.25, 0.3) is 0 Å². The van der Waals surface area contributed by atoms with E-state index in [9.17, 15) is 0 Å². The molecule has 100 valence electrons. The van der Waals surface area contributed by atoms with E-state index in [0.717, 1.165) is 45.1 Å². The van der Waals surface area contributed by atoms with Crippen LogP contribution in [0, 0.1) is 0 Å². The average molecular weight is 270 g/mol. The SMILES string of the molecule is C[C@@H]1COCCN1c1ccc2c(n1)CCNC2.Cl. The van der Waals surface area contributed by atoms with E-state index in [2.05, 4.69) is 29.3 Å². The van der Waals surface area contributed by atoms with E-state index < -0.39 is 0 Å². The normalized spacial score (nSPS) is 23.2. The zero-order chi connectivity index (χ0) is 11.7. The summed E-state index contributed by atoms with van der Waals surface area (Å²) in [6.45, 7) is 6.77. The highest BCUT2D eigenvalue weighted by Gasteiger charge is 2.21. The Bertz CT molecular complexity index is 413. The monoisotopic (exact) mass is 269 g/mol. The minimum atomic E-state index is 0. The Morgan fingerprint density at radius 3 is 3.17 bits per heavy atom. The molecule has 1 fully saturated rings. The van der Waals surface area contributed by atoms with E-state index in [1.165, 1.54) is 11.3 Å². The lowest BCUT2D eigenvalue weighted by Gasteiger charge is -2.34. The molecule has 0 aliphatic carbocycles. The molecule has 4 nitrogen and oxygen atoms in total. The minimum absolute atomic E-state index is 0. The summed E-state index contributed by atoms with van der Waals surface area (Å²) in [7, 11) is 0. The molecular formula is C13H20ClN3O.